The minimum absolute atomic E-state index is 0.471. The Balaban J connectivity index is 2.20. The number of ether oxygens (including phenoxy) is 2. The summed E-state index contributed by atoms with van der Waals surface area (Å²) in [5.41, 5.74) is 1.40. The molecule has 98 valence electrons. The molecule has 0 heterocycles. The molecule has 0 spiro atoms. The van der Waals surface area contributed by atoms with Crippen LogP contribution < -0.4 is 5.32 Å². The van der Waals surface area contributed by atoms with Crippen LogP contribution >= 0.6 is 11.6 Å². The fraction of sp³-hybridized carbons (Fsp3) is 0.462. The number of hydrogen-bond acceptors (Lipinski definition) is 4. The molecule has 0 aromatic heterocycles. The van der Waals surface area contributed by atoms with Crippen molar-refractivity contribution in [3.8, 4) is 6.07 Å². The molecule has 0 aliphatic rings. The summed E-state index contributed by atoms with van der Waals surface area (Å²) in [7, 11) is 1.65. The Morgan fingerprint density at radius 3 is 2.83 bits per heavy atom. The minimum Gasteiger partial charge on any atom is -0.385 e. The molecule has 0 saturated carbocycles. The summed E-state index contributed by atoms with van der Waals surface area (Å²) in [4.78, 5) is 0. The molecule has 0 bridgehead atoms. The van der Waals surface area contributed by atoms with E-state index in [1.54, 1.807) is 19.2 Å². The highest BCUT2D eigenvalue weighted by molar-refractivity contribution is 6.32. The molecule has 0 atom stereocenters. The van der Waals surface area contributed by atoms with Crippen LogP contribution in [0.2, 0.25) is 5.02 Å². The maximum atomic E-state index is 8.74. The van der Waals surface area contributed by atoms with E-state index < -0.39 is 0 Å². The van der Waals surface area contributed by atoms with E-state index in [9.17, 15) is 0 Å². The summed E-state index contributed by atoms with van der Waals surface area (Å²) in [6.07, 6.45) is 0.904. The van der Waals surface area contributed by atoms with Gasteiger partial charge in [0.25, 0.3) is 0 Å². The second kappa shape index (κ2) is 8.76. The van der Waals surface area contributed by atoms with Crippen LogP contribution in [0.1, 0.15) is 12.0 Å². The van der Waals surface area contributed by atoms with Crippen LogP contribution in [0.25, 0.3) is 0 Å². The molecule has 1 aromatic carbocycles. The van der Waals surface area contributed by atoms with Gasteiger partial charge in [-0.3, -0.25) is 0 Å². The molecule has 18 heavy (non-hydrogen) atoms. The van der Waals surface area contributed by atoms with Crippen LogP contribution in [0.5, 0.6) is 0 Å². The molecule has 0 saturated heterocycles. The normalized spacial score (nSPS) is 10.1. The Bertz CT molecular complexity index is 404. The molecule has 1 aromatic rings. The molecule has 0 unspecified atom stereocenters. The number of nitrogens with zero attached hydrogens (tertiary/aromatic N) is 1. The summed E-state index contributed by atoms with van der Waals surface area (Å²) >= 11 is 5.93. The van der Waals surface area contributed by atoms with E-state index in [-0.39, 0.29) is 0 Å². The molecule has 1 N–H and O–H groups in total. The summed E-state index contributed by atoms with van der Waals surface area (Å²) in [6.45, 7) is 2.74. The van der Waals surface area contributed by atoms with E-state index in [1.165, 1.54) is 0 Å². The molecule has 4 nitrogen and oxygen atoms in total. The molecule has 1 rings (SSSR count). The first kappa shape index (κ1) is 14.8. The van der Waals surface area contributed by atoms with Crippen molar-refractivity contribution >= 4 is 17.3 Å². The van der Waals surface area contributed by atoms with Crippen molar-refractivity contribution in [2.45, 2.75) is 6.42 Å². The van der Waals surface area contributed by atoms with Gasteiger partial charge in [0, 0.05) is 25.9 Å². The van der Waals surface area contributed by atoms with E-state index in [1.807, 2.05) is 12.1 Å². The zero-order valence-electron chi connectivity index (χ0n) is 10.4. The van der Waals surface area contributed by atoms with Gasteiger partial charge in [-0.05, 0) is 24.6 Å². The van der Waals surface area contributed by atoms with Gasteiger partial charge >= 0.3 is 0 Å². The maximum absolute atomic E-state index is 8.74. The van der Waals surface area contributed by atoms with Crippen LogP contribution in [0.4, 0.5) is 5.69 Å². The quantitative estimate of drug-likeness (QED) is 0.737. The standard InChI is InChI=1S/C13H17ClN2O2/c1-17-7-8-18-6-2-5-16-12-4-3-11(10-15)13(14)9-12/h3-4,9,16H,2,5-8H2,1H3. The number of anilines is 1. The van der Waals surface area contributed by atoms with Gasteiger partial charge in [0.15, 0.2) is 0 Å². The van der Waals surface area contributed by atoms with E-state index in [4.69, 9.17) is 26.3 Å². The summed E-state index contributed by atoms with van der Waals surface area (Å²) in [5.74, 6) is 0. The first-order chi connectivity index (χ1) is 8.77. The minimum atomic E-state index is 0.471. The van der Waals surface area contributed by atoms with Crippen molar-refractivity contribution in [1.29, 1.82) is 5.26 Å². The molecular formula is C13H17ClN2O2. The topological polar surface area (TPSA) is 54.3 Å². The SMILES string of the molecule is COCCOCCCNc1ccc(C#N)c(Cl)c1. The zero-order chi connectivity index (χ0) is 13.2. The van der Waals surface area contributed by atoms with Crippen molar-refractivity contribution in [3.63, 3.8) is 0 Å². The van der Waals surface area contributed by atoms with Crippen molar-refractivity contribution in [3.05, 3.63) is 28.8 Å². The lowest BCUT2D eigenvalue weighted by Gasteiger charge is -2.07. The van der Waals surface area contributed by atoms with Gasteiger partial charge in [0.1, 0.15) is 6.07 Å². The third-order valence-electron chi connectivity index (χ3n) is 2.32. The molecule has 0 aliphatic heterocycles. The lowest BCUT2D eigenvalue weighted by molar-refractivity contribution is 0.0705. The molecule has 0 aliphatic carbocycles. The van der Waals surface area contributed by atoms with E-state index in [0.29, 0.717) is 30.4 Å². The number of hydrogen-bond donors (Lipinski definition) is 1. The average Bonchev–Trinajstić information content (AvgIpc) is 2.38. The number of halogens is 1. The third kappa shape index (κ3) is 5.37. The number of nitriles is 1. The van der Waals surface area contributed by atoms with Crippen molar-refractivity contribution < 1.29 is 9.47 Å². The van der Waals surface area contributed by atoms with Crippen molar-refractivity contribution in [2.24, 2.45) is 0 Å². The maximum Gasteiger partial charge on any atom is 0.101 e. The molecule has 0 radical (unpaired) electrons. The second-order valence-electron chi connectivity index (χ2n) is 3.69. The first-order valence-corrected chi connectivity index (χ1v) is 6.16. The summed E-state index contributed by atoms with van der Waals surface area (Å²) in [5, 5.41) is 12.4. The highest BCUT2D eigenvalue weighted by atomic mass is 35.5. The first-order valence-electron chi connectivity index (χ1n) is 5.78. The number of nitrogens with one attached hydrogen (secondary N) is 1. The largest absolute Gasteiger partial charge is 0.385 e. The van der Waals surface area contributed by atoms with Gasteiger partial charge in [-0.25, -0.2) is 0 Å². The molecule has 0 fully saturated rings. The number of rotatable bonds is 8. The van der Waals surface area contributed by atoms with Crippen molar-refractivity contribution in [1.82, 2.24) is 0 Å². The van der Waals surface area contributed by atoms with Gasteiger partial charge in [-0.1, -0.05) is 11.6 Å². The van der Waals surface area contributed by atoms with Crippen LogP contribution in [0.3, 0.4) is 0 Å². The average molecular weight is 269 g/mol. The molecular weight excluding hydrogens is 252 g/mol. The lowest BCUT2D eigenvalue weighted by atomic mass is 10.2. The van der Waals surface area contributed by atoms with E-state index in [0.717, 1.165) is 18.7 Å². The number of methoxy groups -OCH3 is 1. The fourth-order valence-electron chi connectivity index (χ4n) is 1.37. The predicted octanol–water partition coefficient (Wildman–Crippen LogP) is 2.68. The van der Waals surface area contributed by atoms with Gasteiger partial charge in [-0.15, -0.1) is 0 Å². The number of benzene rings is 1. The Morgan fingerprint density at radius 2 is 2.17 bits per heavy atom. The fourth-order valence-corrected chi connectivity index (χ4v) is 1.59. The lowest BCUT2D eigenvalue weighted by Crippen LogP contribution is -2.08. The third-order valence-corrected chi connectivity index (χ3v) is 2.63. The van der Waals surface area contributed by atoms with Crippen molar-refractivity contribution in [2.75, 3.05) is 38.8 Å². The predicted molar refractivity (Wildman–Crippen MR) is 72.0 cm³/mol. The van der Waals surface area contributed by atoms with Gasteiger partial charge in [0.2, 0.25) is 0 Å². The Hall–Kier alpha value is -1.28. The van der Waals surface area contributed by atoms with Gasteiger partial charge in [-0.2, -0.15) is 5.26 Å². The Morgan fingerprint density at radius 1 is 1.33 bits per heavy atom. The summed E-state index contributed by atoms with van der Waals surface area (Å²) < 4.78 is 10.2. The van der Waals surface area contributed by atoms with E-state index >= 15 is 0 Å². The zero-order valence-corrected chi connectivity index (χ0v) is 11.2. The molecule has 0 amide bonds. The highest BCUT2D eigenvalue weighted by Crippen LogP contribution is 2.19. The smallest absolute Gasteiger partial charge is 0.101 e. The van der Waals surface area contributed by atoms with Crippen LogP contribution in [-0.2, 0) is 9.47 Å². The van der Waals surface area contributed by atoms with Gasteiger partial charge < -0.3 is 14.8 Å². The van der Waals surface area contributed by atoms with Crippen LogP contribution in [0, 0.1) is 11.3 Å². The van der Waals surface area contributed by atoms with Crippen LogP contribution in [-0.4, -0.2) is 33.5 Å². The van der Waals surface area contributed by atoms with Crippen LogP contribution in [0.15, 0.2) is 18.2 Å². The Labute approximate surface area is 112 Å². The Kier molecular flexibility index (Phi) is 7.19. The van der Waals surface area contributed by atoms with Gasteiger partial charge in [0.05, 0.1) is 23.8 Å². The molecule has 5 heteroatoms. The summed E-state index contributed by atoms with van der Waals surface area (Å²) in [6, 6.07) is 7.33. The highest BCUT2D eigenvalue weighted by Gasteiger charge is 2.00. The monoisotopic (exact) mass is 268 g/mol. The second-order valence-corrected chi connectivity index (χ2v) is 4.10. The van der Waals surface area contributed by atoms with E-state index in [2.05, 4.69) is 5.32 Å².